The molecule has 4 rings (SSSR count). The molecule has 1 aliphatic rings. The van der Waals surface area contributed by atoms with Gasteiger partial charge in [0.2, 0.25) is 0 Å². The van der Waals surface area contributed by atoms with Crippen molar-refractivity contribution in [3.05, 3.63) is 71.7 Å². The van der Waals surface area contributed by atoms with Gasteiger partial charge in [-0.05, 0) is 30.7 Å². The number of hydrogen-bond acceptors (Lipinski definition) is 4. The highest BCUT2D eigenvalue weighted by atomic mass is 19.1. The van der Waals surface area contributed by atoms with Crippen molar-refractivity contribution in [3.63, 3.8) is 0 Å². The summed E-state index contributed by atoms with van der Waals surface area (Å²) in [5.41, 5.74) is 1.14. The van der Waals surface area contributed by atoms with E-state index in [9.17, 15) is 9.18 Å². The molecule has 132 valence electrons. The quantitative estimate of drug-likeness (QED) is 0.723. The number of nitrogens with zero attached hydrogens (tertiary/aromatic N) is 4. The van der Waals surface area contributed by atoms with Crippen molar-refractivity contribution in [2.45, 2.75) is 20.0 Å². The van der Waals surface area contributed by atoms with Gasteiger partial charge in [0.25, 0.3) is 0 Å². The van der Waals surface area contributed by atoms with E-state index in [0.29, 0.717) is 35.9 Å². The van der Waals surface area contributed by atoms with Gasteiger partial charge in [0, 0.05) is 19.2 Å². The number of pyridine rings is 1. The van der Waals surface area contributed by atoms with E-state index in [-0.39, 0.29) is 18.5 Å². The molecule has 26 heavy (non-hydrogen) atoms. The fraction of sp³-hybridized carbons (Fsp3) is 0.211. The lowest BCUT2D eigenvalue weighted by atomic mass is 10.2. The van der Waals surface area contributed by atoms with Crippen LogP contribution >= 0.6 is 0 Å². The summed E-state index contributed by atoms with van der Waals surface area (Å²) in [6, 6.07) is 10.8. The van der Waals surface area contributed by atoms with Crippen LogP contribution in [0.25, 0.3) is 0 Å². The van der Waals surface area contributed by atoms with Gasteiger partial charge in [-0.3, -0.25) is 9.47 Å². The number of benzene rings is 1. The first-order valence-corrected chi connectivity index (χ1v) is 8.31. The summed E-state index contributed by atoms with van der Waals surface area (Å²) in [6.07, 6.45) is 3.42. The minimum atomic E-state index is -0.387. The smallest absolute Gasteiger partial charge is 0.335 e. The van der Waals surface area contributed by atoms with Crippen molar-refractivity contribution in [1.82, 2.24) is 14.5 Å². The van der Waals surface area contributed by atoms with Gasteiger partial charge in [0.1, 0.15) is 29.8 Å². The molecule has 0 bridgehead atoms. The highest BCUT2D eigenvalue weighted by Gasteiger charge is 2.28. The van der Waals surface area contributed by atoms with Crippen LogP contribution in [0.4, 0.5) is 15.0 Å². The first-order valence-electron chi connectivity index (χ1n) is 8.31. The molecule has 0 saturated carbocycles. The van der Waals surface area contributed by atoms with Crippen molar-refractivity contribution in [2.75, 3.05) is 11.4 Å². The number of carbonyl (C=O) groups is 1. The van der Waals surface area contributed by atoms with Crippen LogP contribution in [0.2, 0.25) is 0 Å². The second-order valence-corrected chi connectivity index (χ2v) is 6.10. The third kappa shape index (κ3) is 3.03. The Bertz CT molecular complexity index is 955. The molecular weight excluding hydrogens is 335 g/mol. The van der Waals surface area contributed by atoms with Gasteiger partial charge in [0.05, 0.1) is 11.9 Å². The van der Waals surface area contributed by atoms with Gasteiger partial charge in [0.15, 0.2) is 0 Å². The Labute approximate surface area is 149 Å². The lowest BCUT2D eigenvalue weighted by Gasteiger charge is -2.26. The number of fused-ring (bicyclic) bond motifs is 1. The number of anilines is 1. The minimum Gasteiger partial charge on any atom is -0.487 e. The number of ether oxygens (including phenoxy) is 1. The highest BCUT2D eigenvalue weighted by Crippen LogP contribution is 2.21. The van der Waals surface area contributed by atoms with Crippen LogP contribution in [-0.4, -0.2) is 27.1 Å². The zero-order valence-corrected chi connectivity index (χ0v) is 14.2. The summed E-state index contributed by atoms with van der Waals surface area (Å²) in [4.78, 5) is 22.8. The Morgan fingerprint density at radius 3 is 2.85 bits per heavy atom. The molecule has 0 spiro atoms. The Hall–Kier alpha value is -3.22. The molecule has 1 aromatic carbocycles. The number of para-hydroxylation sites is 1. The molecule has 7 heteroatoms. The van der Waals surface area contributed by atoms with Crippen LogP contribution < -0.4 is 9.64 Å². The summed E-state index contributed by atoms with van der Waals surface area (Å²) in [5, 5.41) is 0. The van der Waals surface area contributed by atoms with Crippen molar-refractivity contribution in [1.29, 1.82) is 0 Å². The molecule has 1 amide bonds. The molecule has 3 aromatic rings. The van der Waals surface area contributed by atoms with Crippen molar-refractivity contribution < 1.29 is 13.9 Å². The monoisotopic (exact) mass is 352 g/mol. The molecule has 0 N–H and O–H groups in total. The van der Waals surface area contributed by atoms with Crippen LogP contribution in [0.15, 0.2) is 48.8 Å². The van der Waals surface area contributed by atoms with E-state index < -0.39 is 0 Å². The molecule has 0 fully saturated rings. The number of aromatic nitrogens is 3. The maximum Gasteiger partial charge on any atom is 0.335 e. The molecule has 0 radical (unpaired) electrons. The zero-order valence-electron chi connectivity index (χ0n) is 14.2. The van der Waals surface area contributed by atoms with Crippen molar-refractivity contribution >= 4 is 11.8 Å². The highest BCUT2D eigenvalue weighted by molar-refractivity contribution is 5.94. The standard InChI is InChI=1S/C19H17FN4O2/c1-13-9-18(21-10-16(13)20)23-8-7-17-22-14(11-24(17)19(23)25)12-26-15-5-3-2-4-6-15/h2-6,9-11H,7-8,12H2,1H3. The van der Waals surface area contributed by atoms with Gasteiger partial charge >= 0.3 is 6.03 Å². The Balaban J connectivity index is 1.53. The predicted molar refractivity (Wildman–Crippen MR) is 93.8 cm³/mol. The number of hydrogen-bond donors (Lipinski definition) is 0. The number of amides is 1. The van der Waals surface area contributed by atoms with E-state index in [1.807, 2.05) is 30.3 Å². The lowest BCUT2D eigenvalue weighted by molar-refractivity contribution is 0.244. The largest absolute Gasteiger partial charge is 0.487 e. The van der Waals surface area contributed by atoms with E-state index in [1.54, 1.807) is 19.2 Å². The average molecular weight is 352 g/mol. The maximum atomic E-state index is 13.4. The Morgan fingerprint density at radius 2 is 2.08 bits per heavy atom. The van der Waals surface area contributed by atoms with Gasteiger partial charge in [-0.15, -0.1) is 0 Å². The molecule has 6 nitrogen and oxygen atoms in total. The van der Waals surface area contributed by atoms with Crippen LogP contribution in [0, 0.1) is 12.7 Å². The number of carbonyl (C=O) groups excluding carboxylic acids is 1. The average Bonchev–Trinajstić information content (AvgIpc) is 3.08. The minimum absolute atomic E-state index is 0.247. The Morgan fingerprint density at radius 1 is 1.27 bits per heavy atom. The van der Waals surface area contributed by atoms with Crippen LogP contribution in [0.1, 0.15) is 17.1 Å². The summed E-state index contributed by atoms with van der Waals surface area (Å²) in [5.74, 6) is 1.49. The molecule has 3 heterocycles. The summed E-state index contributed by atoms with van der Waals surface area (Å²) < 4.78 is 20.6. The molecule has 2 aromatic heterocycles. The molecule has 0 saturated heterocycles. The van der Waals surface area contributed by atoms with E-state index in [1.165, 1.54) is 9.47 Å². The first-order chi connectivity index (χ1) is 12.6. The maximum absolute atomic E-state index is 13.4. The third-order valence-electron chi connectivity index (χ3n) is 4.26. The van der Waals surface area contributed by atoms with Gasteiger partial charge < -0.3 is 4.74 Å². The van der Waals surface area contributed by atoms with Crippen molar-refractivity contribution in [3.8, 4) is 5.75 Å². The lowest BCUT2D eigenvalue weighted by Crippen LogP contribution is -2.42. The normalized spacial score (nSPS) is 13.6. The van der Waals surface area contributed by atoms with Crippen LogP contribution in [-0.2, 0) is 13.0 Å². The predicted octanol–water partition coefficient (Wildman–Crippen LogP) is 3.34. The van der Waals surface area contributed by atoms with E-state index in [4.69, 9.17) is 4.74 Å². The second-order valence-electron chi connectivity index (χ2n) is 6.10. The zero-order chi connectivity index (χ0) is 18.1. The number of halogens is 1. The van der Waals surface area contributed by atoms with Crippen LogP contribution in [0.3, 0.4) is 0 Å². The molecule has 0 unspecified atom stereocenters. The first kappa shape index (κ1) is 16.3. The topological polar surface area (TPSA) is 60.2 Å². The SMILES string of the molecule is Cc1cc(N2CCc3nc(COc4ccccc4)cn3C2=O)ncc1F. The number of imidazole rings is 1. The Kier molecular flexibility index (Phi) is 4.12. The fourth-order valence-corrected chi connectivity index (χ4v) is 2.88. The summed E-state index contributed by atoms with van der Waals surface area (Å²) >= 11 is 0. The number of aryl methyl sites for hydroxylation is 1. The van der Waals surface area contributed by atoms with E-state index in [2.05, 4.69) is 9.97 Å². The molecule has 0 aliphatic carbocycles. The van der Waals surface area contributed by atoms with E-state index in [0.717, 1.165) is 11.9 Å². The van der Waals surface area contributed by atoms with Gasteiger partial charge in [-0.25, -0.2) is 19.2 Å². The fourth-order valence-electron chi connectivity index (χ4n) is 2.88. The van der Waals surface area contributed by atoms with Crippen molar-refractivity contribution in [2.24, 2.45) is 0 Å². The van der Waals surface area contributed by atoms with Crippen LogP contribution in [0.5, 0.6) is 5.75 Å². The number of rotatable bonds is 4. The third-order valence-corrected chi connectivity index (χ3v) is 4.26. The van der Waals surface area contributed by atoms with E-state index >= 15 is 0 Å². The molecular formula is C19H17FN4O2. The molecule has 1 aliphatic heterocycles. The van der Waals surface area contributed by atoms with Gasteiger partial charge in [-0.1, -0.05) is 18.2 Å². The van der Waals surface area contributed by atoms with Gasteiger partial charge in [-0.2, -0.15) is 0 Å². The summed E-state index contributed by atoms with van der Waals surface area (Å²) in [6.45, 7) is 2.38. The second kappa shape index (κ2) is 6.59. The summed E-state index contributed by atoms with van der Waals surface area (Å²) in [7, 11) is 0. The molecule has 0 atom stereocenters.